The van der Waals surface area contributed by atoms with E-state index in [2.05, 4.69) is 9.72 Å². The zero-order chi connectivity index (χ0) is 12.0. The summed E-state index contributed by atoms with van der Waals surface area (Å²) in [4.78, 5) is 15.2. The highest BCUT2D eigenvalue weighted by Gasteiger charge is 2.10. The van der Waals surface area contributed by atoms with Gasteiger partial charge in [0.05, 0.1) is 6.61 Å². The average Bonchev–Trinajstić information content (AvgIpc) is 2.25. The standard InChI is InChI=1S/C10H13NO5/c1-7(13)16-9-4-2-3-8(11-9)10(14)15-6-5-12/h2-4,7,12-13H,5-6H2,1H3. The lowest BCUT2D eigenvalue weighted by Gasteiger charge is -2.08. The van der Waals surface area contributed by atoms with Crippen LogP contribution in [0.1, 0.15) is 17.4 Å². The third kappa shape index (κ3) is 3.84. The lowest BCUT2D eigenvalue weighted by atomic mass is 10.3. The molecule has 1 heterocycles. The van der Waals surface area contributed by atoms with Crippen molar-refractivity contribution in [1.82, 2.24) is 4.98 Å². The molecule has 0 amide bonds. The minimum atomic E-state index is -1.00. The van der Waals surface area contributed by atoms with Crippen LogP contribution in [0.4, 0.5) is 0 Å². The summed E-state index contributed by atoms with van der Waals surface area (Å²) in [5.74, 6) is -0.515. The summed E-state index contributed by atoms with van der Waals surface area (Å²) in [6.45, 7) is 1.11. The molecule has 0 saturated carbocycles. The number of carbonyl (C=O) groups excluding carboxylic acids is 1. The van der Waals surface area contributed by atoms with Gasteiger partial charge in [0.15, 0.2) is 12.0 Å². The Bertz CT molecular complexity index is 353. The molecule has 0 saturated heterocycles. The molecule has 0 radical (unpaired) electrons. The molecule has 2 N–H and O–H groups in total. The molecular weight excluding hydrogens is 214 g/mol. The molecule has 0 spiro atoms. The minimum Gasteiger partial charge on any atom is -0.459 e. The predicted molar refractivity (Wildman–Crippen MR) is 53.9 cm³/mol. The van der Waals surface area contributed by atoms with Gasteiger partial charge in [0.2, 0.25) is 5.88 Å². The van der Waals surface area contributed by atoms with Crippen molar-refractivity contribution in [3.63, 3.8) is 0 Å². The number of rotatable bonds is 5. The molecule has 88 valence electrons. The van der Waals surface area contributed by atoms with Gasteiger partial charge in [-0.15, -0.1) is 0 Å². The van der Waals surface area contributed by atoms with Crippen LogP contribution in [0.15, 0.2) is 18.2 Å². The Morgan fingerprint density at radius 1 is 1.56 bits per heavy atom. The number of carbonyl (C=O) groups is 1. The number of aromatic nitrogens is 1. The molecule has 0 aromatic carbocycles. The van der Waals surface area contributed by atoms with E-state index in [1.807, 2.05) is 0 Å². The van der Waals surface area contributed by atoms with Crippen LogP contribution in [0, 0.1) is 0 Å². The predicted octanol–water partition coefficient (Wildman–Crippen LogP) is -0.0522. The van der Waals surface area contributed by atoms with Crippen LogP contribution in [0.25, 0.3) is 0 Å². The van der Waals surface area contributed by atoms with Gasteiger partial charge in [-0.05, 0) is 13.0 Å². The molecular formula is C10H13NO5. The molecule has 0 bridgehead atoms. The average molecular weight is 227 g/mol. The van der Waals surface area contributed by atoms with Crippen molar-refractivity contribution in [3.05, 3.63) is 23.9 Å². The molecule has 1 rings (SSSR count). The minimum absolute atomic E-state index is 0.0617. The summed E-state index contributed by atoms with van der Waals surface area (Å²) >= 11 is 0. The first-order valence-corrected chi connectivity index (χ1v) is 4.73. The Hall–Kier alpha value is -1.66. The molecule has 6 nitrogen and oxygen atoms in total. The molecule has 0 fully saturated rings. The quantitative estimate of drug-likeness (QED) is 0.541. The van der Waals surface area contributed by atoms with E-state index in [4.69, 9.17) is 14.9 Å². The highest BCUT2D eigenvalue weighted by Crippen LogP contribution is 2.09. The third-order valence-electron chi connectivity index (χ3n) is 1.55. The molecule has 0 aliphatic carbocycles. The summed E-state index contributed by atoms with van der Waals surface area (Å²) < 4.78 is 9.56. The topological polar surface area (TPSA) is 88.9 Å². The molecule has 16 heavy (non-hydrogen) atoms. The van der Waals surface area contributed by atoms with E-state index in [1.54, 1.807) is 6.07 Å². The smallest absolute Gasteiger partial charge is 0.357 e. The monoisotopic (exact) mass is 227 g/mol. The van der Waals surface area contributed by atoms with E-state index in [0.717, 1.165) is 0 Å². The summed E-state index contributed by atoms with van der Waals surface area (Å²) in [6.07, 6.45) is -1.00. The van der Waals surface area contributed by atoms with Crippen molar-refractivity contribution in [2.45, 2.75) is 13.2 Å². The highest BCUT2D eigenvalue weighted by atomic mass is 16.6. The zero-order valence-electron chi connectivity index (χ0n) is 8.79. The molecule has 1 unspecified atom stereocenters. The van der Waals surface area contributed by atoms with Gasteiger partial charge in [0.25, 0.3) is 0 Å². The van der Waals surface area contributed by atoms with Gasteiger partial charge >= 0.3 is 5.97 Å². The summed E-state index contributed by atoms with van der Waals surface area (Å²) in [5, 5.41) is 17.4. The van der Waals surface area contributed by atoms with Crippen LogP contribution < -0.4 is 4.74 Å². The van der Waals surface area contributed by atoms with Crippen LogP contribution in [0.2, 0.25) is 0 Å². The maximum absolute atomic E-state index is 11.3. The fourth-order valence-electron chi connectivity index (χ4n) is 0.981. The van der Waals surface area contributed by atoms with Crippen LogP contribution in [0.5, 0.6) is 5.88 Å². The van der Waals surface area contributed by atoms with Crippen LogP contribution >= 0.6 is 0 Å². The van der Waals surface area contributed by atoms with E-state index in [1.165, 1.54) is 19.1 Å². The first-order chi connectivity index (χ1) is 7.63. The second kappa shape index (κ2) is 6.04. The maximum Gasteiger partial charge on any atom is 0.357 e. The van der Waals surface area contributed by atoms with Crippen LogP contribution in [-0.2, 0) is 4.74 Å². The van der Waals surface area contributed by atoms with Gasteiger partial charge in [-0.25, -0.2) is 9.78 Å². The van der Waals surface area contributed by atoms with Crippen molar-refractivity contribution >= 4 is 5.97 Å². The van der Waals surface area contributed by atoms with Crippen molar-refractivity contribution in [3.8, 4) is 5.88 Å². The molecule has 6 heteroatoms. The zero-order valence-corrected chi connectivity index (χ0v) is 8.79. The normalized spacial score (nSPS) is 11.9. The molecule has 0 aliphatic heterocycles. The van der Waals surface area contributed by atoms with Crippen molar-refractivity contribution < 1.29 is 24.5 Å². The summed E-state index contributed by atoms with van der Waals surface area (Å²) in [5.41, 5.74) is 0.0617. The number of esters is 1. The van der Waals surface area contributed by atoms with Crippen molar-refractivity contribution in [1.29, 1.82) is 0 Å². The lowest BCUT2D eigenvalue weighted by molar-refractivity contribution is -0.00411. The van der Waals surface area contributed by atoms with Gasteiger partial charge in [-0.3, -0.25) is 0 Å². The van der Waals surface area contributed by atoms with E-state index in [9.17, 15) is 4.79 Å². The maximum atomic E-state index is 11.3. The second-order valence-electron chi connectivity index (χ2n) is 2.94. The van der Waals surface area contributed by atoms with Gasteiger partial charge < -0.3 is 19.7 Å². The number of hydrogen-bond acceptors (Lipinski definition) is 6. The highest BCUT2D eigenvalue weighted by molar-refractivity contribution is 5.87. The Morgan fingerprint density at radius 3 is 2.94 bits per heavy atom. The fourth-order valence-corrected chi connectivity index (χ4v) is 0.981. The third-order valence-corrected chi connectivity index (χ3v) is 1.55. The molecule has 1 aromatic rings. The van der Waals surface area contributed by atoms with E-state index in [-0.39, 0.29) is 24.8 Å². The van der Waals surface area contributed by atoms with Gasteiger partial charge in [-0.1, -0.05) is 6.07 Å². The van der Waals surface area contributed by atoms with Crippen LogP contribution in [0.3, 0.4) is 0 Å². The first kappa shape index (κ1) is 12.4. The number of aliphatic hydroxyl groups excluding tert-OH is 2. The van der Waals surface area contributed by atoms with Gasteiger partial charge in [-0.2, -0.15) is 0 Å². The summed E-state index contributed by atoms with van der Waals surface area (Å²) in [6, 6.07) is 4.52. The SMILES string of the molecule is CC(O)Oc1cccc(C(=O)OCCO)n1. The first-order valence-electron chi connectivity index (χ1n) is 4.73. The second-order valence-corrected chi connectivity index (χ2v) is 2.94. The molecule has 0 aliphatic rings. The van der Waals surface area contributed by atoms with Crippen molar-refractivity contribution in [2.24, 2.45) is 0 Å². The van der Waals surface area contributed by atoms with Crippen molar-refractivity contribution in [2.75, 3.05) is 13.2 Å². The number of aliphatic hydroxyl groups is 2. The van der Waals surface area contributed by atoms with E-state index >= 15 is 0 Å². The fraction of sp³-hybridized carbons (Fsp3) is 0.400. The van der Waals surface area contributed by atoms with Gasteiger partial charge in [0, 0.05) is 6.07 Å². The molecule has 1 atom stereocenters. The Morgan fingerprint density at radius 2 is 2.31 bits per heavy atom. The Kier molecular flexibility index (Phi) is 4.68. The van der Waals surface area contributed by atoms with Crippen LogP contribution in [-0.4, -0.2) is 40.7 Å². The number of pyridine rings is 1. The Balaban J connectivity index is 2.69. The number of nitrogens with zero attached hydrogens (tertiary/aromatic N) is 1. The largest absolute Gasteiger partial charge is 0.459 e. The number of ether oxygens (including phenoxy) is 2. The molecule has 1 aromatic heterocycles. The number of hydrogen-bond donors (Lipinski definition) is 2. The lowest BCUT2D eigenvalue weighted by Crippen LogP contribution is -2.14. The van der Waals surface area contributed by atoms with E-state index in [0.29, 0.717) is 0 Å². The summed E-state index contributed by atoms with van der Waals surface area (Å²) in [7, 11) is 0. The Labute approximate surface area is 92.5 Å². The van der Waals surface area contributed by atoms with E-state index < -0.39 is 12.3 Å². The van der Waals surface area contributed by atoms with Gasteiger partial charge in [0.1, 0.15) is 6.61 Å².